The maximum atomic E-state index is 9.27. The van der Waals surface area contributed by atoms with Gasteiger partial charge in [0.15, 0.2) is 0 Å². The van der Waals surface area contributed by atoms with Crippen LogP contribution in [0.4, 0.5) is 0 Å². The molecule has 4 heteroatoms. The van der Waals surface area contributed by atoms with E-state index in [1.165, 1.54) is 6.07 Å². The first-order valence-corrected chi connectivity index (χ1v) is 4.82. The summed E-state index contributed by atoms with van der Waals surface area (Å²) >= 11 is 0. The molecule has 0 radical (unpaired) electrons. The van der Waals surface area contributed by atoms with Gasteiger partial charge in [0.25, 0.3) is 5.95 Å². The van der Waals surface area contributed by atoms with Gasteiger partial charge in [-0.25, -0.2) is 0 Å². The summed E-state index contributed by atoms with van der Waals surface area (Å²) < 4.78 is 10.3. The number of aliphatic hydroxyl groups is 1. The van der Waals surface area contributed by atoms with Crippen molar-refractivity contribution in [3.8, 4) is 23.0 Å². The largest absolute Gasteiger partial charge is 0.496 e. The van der Waals surface area contributed by atoms with Crippen molar-refractivity contribution >= 4 is 0 Å². The number of aromatic hydroxyl groups is 1. The van der Waals surface area contributed by atoms with Crippen LogP contribution in [-0.4, -0.2) is 17.3 Å². The molecule has 0 unspecified atom stereocenters. The minimum Gasteiger partial charge on any atom is -0.496 e. The van der Waals surface area contributed by atoms with Gasteiger partial charge in [-0.05, 0) is 12.1 Å². The third kappa shape index (κ3) is 1.75. The van der Waals surface area contributed by atoms with Crippen LogP contribution in [0.15, 0.2) is 34.7 Å². The molecular weight excluding hydrogens is 208 g/mol. The predicted molar refractivity (Wildman–Crippen MR) is 58.3 cm³/mol. The van der Waals surface area contributed by atoms with Gasteiger partial charge in [-0.1, -0.05) is 12.1 Å². The van der Waals surface area contributed by atoms with E-state index in [0.29, 0.717) is 22.6 Å². The summed E-state index contributed by atoms with van der Waals surface area (Å²) in [4.78, 5) is 0. The van der Waals surface area contributed by atoms with E-state index >= 15 is 0 Å². The standard InChI is InChI=1S/C12H12O4/c1-15-10-5-3-2-4-9(10)12-8(7-13)6-11(14)16-12/h2-6,13-14H,7H2,1H3. The van der Waals surface area contributed by atoms with Gasteiger partial charge >= 0.3 is 0 Å². The van der Waals surface area contributed by atoms with Crippen molar-refractivity contribution in [1.82, 2.24) is 0 Å². The SMILES string of the molecule is COc1ccccc1-c1oc(O)cc1CO. The summed E-state index contributed by atoms with van der Waals surface area (Å²) in [6.07, 6.45) is 0. The molecular formula is C12H12O4. The summed E-state index contributed by atoms with van der Waals surface area (Å²) in [5.74, 6) is 0.842. The third-order valence-electron chi connectivity index (χ3n) is 2.32. The minimum absolute atomic E-state index is 0.197. The summed E-state index contributed by atoms with van der Waals surface area (Å²) in [6.45, 7) is -0.197. The van der Waals surface area contributed by atoms with Crippen LogP contribution in [0.5, 0.6) is 11.7 Å². The van der Waals surface area contributed by atoms with Crippen LogP contribution in [0.3, 0.4) is 0 Å². The lowest BCUT2D eigenvalue weighted by Crippen LogP contribution is -1.89. The maximum absolute atomic E-state index is 9.27. The zero-order valence-electron chi connectivity index (χ0n) is 8.80. The van der Waals surface area contributed by atoms with Gasteiger partial charge < -0.3 is 19.4 Å². The fourth-order valence-electron chi connectivity index (χ4n) is 1.59. The van der Waals surface area contributed by atoms with E-state index < -0.39 is 0 Å². The molecule has 0 aliphatic carbocycles. The van der Waals surface area contributed by atoms with E-state index in [-0.39, 0.29) is 12.6 Å². The first-order chi connectivity index (χ1) is 7.76. The first kappa shape index (κ1) is 10.6. The van der Waals surface area contributed by atoms with Crippen LogP contribution in [0.2, 0.25) is 0 Å². The molecule has 0 atom stereocenters. The van der Waals surface area contributed by atoms with E-state index in [1.54, 1.807) is 19.2 Å². The number of rotatable bonds is 3. The summed E-state index contributed by atoms with van der Waals surface area (Å²) in [7, 11) is 1.56. The van der Waals surface area contributed by atoms with Gasteiger partial charge in [0.2, 0.25) is 0 Å². The van der Waals surface area contributed by atoms with Crippen molar-refractivity contribution in [2.45, 2.75) is 6.61 Å². The number of hydrogen-bond acceptors (Lipinski definition) is 4. The molecule has 0 aliphatic heterocycles. The van der Waals surface area contributed by atoms with Gasteiger partial charge in [0, 0.05) is 11.6 Å². The lowest BCUT2D eigenvalue weighted by molar-refractivity contribution is 0.281. The second-order valence-corrected chi connectivity index (χ2v) is 3.30. The summed E-state index contributed by atoms with van der Waals surface area (Å²) in [6, 6.07) is 8.65. The van der Waals surface area contributed by atoms with Crippen molar-refractivity contribution in [3.63, 3.8) is 0 Å². The van der Waals surface area contributed by atoms with Gasteiger partial charge in [-0.15, -0.1) is 0 Å². The highest BCUT2D eigenvalue weighted by molar-refractivity contribution is 5.69. The van der Waals surface area contributed by atoms with Gasteiger partial charge in [0.1, 0.15) is 11.5 Å². The summed E-state index contributed by atoms with van der Waals surface area (Å²) in [5.41, 5.74) is 1.23. The normalized spacial score (nSPS) is 10.4. The molecule has 2 rings (SSSR count). The Morgan fingerprint density at radius 2 is 2.06 bits per heavy atom. The Bertz CT molecular complexity index is 488. The Morgan fingerprint density at radius 1 is 1.31 bits per heavy atom. The zero-order chi connectivity index (χ0) is 11.5. The minimum atomic E-state index is -0.218. The smallest absolute Gasteiger partial charge is 0.282 e. The maximum Gasteiger partial charge on any atom is 0.282 e. The number of furan rings is 1. The summed E-state index contributed by atoms with van der Waals surface area (Å²) in [5, 5.41) is 18.4. The van der Waals surface area contributed by atoms with Crippen LogP contribution in [0, 0.1) is 0 Å². The van der Waals surface area contributed by atoms with Crippen molar-refractivity contribution in [3.05, 3.63) is 35.9 Å². The highest BCUT2D eigenvalue weighted by Crippen LogP contribution is 2.36. The Kier molecular flexibility index (Phi) is 2.83. The molecule has 4 nitrogen and oxygen atoms in total. The molecule has 0 saturated heterocycles. The highest BCUT2D eigenvalue weighted by atomic mass is 16.5. The Morgan fingerprint density at radius 3 is 2.75 bits per heavy atom. The molecule has 1 heterocycles. The van der Waals surface area contributed by atoms with Gasteiger partial charge in [0.05, 0.1) is 19.3 Å². The van der Waals surface area contributed by atoms with E-state index in [4.69, 9.17) is 14.3 Å². The van der Waals surface area contributed by atoms with E-state index in [0.717, 1.165) is 0 Å². The molecule has 2 N–H and O–H groups in total. The highest BCUT2D eigenvalue weighted by Gasteiger charge is 2.15. The van der Waals surface area contributed by atoms with Crippen molar-refractivity contribution < 1.29 is 19.4 Å². The van der Waals surface area contributed by atoms with E-state index in [2.05, 4.69) is 0 Å². The third-order valence-corrected chi connectivity index (χ3v) is 2.32. The number of para-hydroxylation sites is 1. The molecule has 0 aliphatic rings. The fraction of sp³-hybridized carbons (Fsp3) is 0.167. The first-order valence-electron chi connectivity index (χ1n) is 4.82. The number of methoxy groups -OCH3 is 1. The number of ether oxygens (including phenoxy) is 1. The molecule has 84 valence electrons. The average Bonchev–Trinajstić information content (AvgIpc) is 2.70. The van der Waals surface area contributed by atoms with Crippen LogP contribution in [-0.2, 0) is 6.61 Å². The van der Waals surface area contributed by atoms with E-state index in [9.17, 15) is 5.11 Å². The van der Waals surface area contributed by atoms with Crippen molar-refractivity contribution in [2.24, 2.45) is 0 Å². The molecule has 1 aromatic carbocycles. The average molecular weight is 220 g/mol. The topological polar surface area (TPSA) is 62.8 Å². The van der Waals surface area contributed by atoms with Crippen molar-refractivity contribution in [2.75, 3.05) is 7.11 Å². The van der Waals surface area contributed by atoms with Crippen molar-refractivity contribution in [1.29, 1.82) is 0 Å². The van der Waals surface area contributed by atoms with E-state index in [1.807, 2.05) is 12.1 Å². The van der Waals surface area contributed by atoms with Crippen LogP contribution in [0.1, 0.15) is 5.56 Å². The fourth-order valence-corrected chi connectivity index (χ4v) is 1.59. The molecule has 16 heavy (non-hydrogen) atoms. The van der Waals surface area contributed by atoms with Crippen LogP contribution in [0.25, 0.3) is 11.3 Å². The zero-order valence-corrected chi connectivity index (χ0v) is 8.80. The molecule has 0 bridgehead atoms. The number of hydrogen-bond donors (Lipinski definition) is 2. The second kappa shape index (κ2) is 4.28. The number of benzene rings is 1. The number of aliphatic hydroxyl groups excluding tert-OH is 1. The molecule has 0 amide bonds. The Labute approximate surface area is 92.7 Å². The molecule has 0 fully saturated rings. The van der Waals surface area contributed by atoms with Gasteiger partial charge in [-0.3, -0.25) is 0 Å². The monoisotopic (exact) mass is 220 g/mol. The molecule has 1 aromatic heterocycles. The molecule has 0 spiro atoms. The quantitative estimate of drug-likeness (QED) is 0.831. The van der Waals surface area contributed by atoms with Gasteiger partial charge in [-0.2, -0.15) is 0 Å². The Balaban J connectivity index is 2.57. The molecule has 0 saturated carbocycles. The lowest BCUT2D eigenvalue weighted by Gasteiger charge is -2.06. The Hall–Kier alpha value is -1.94. The lowest BCUT2D eigenvalue weighted by atomic mass is 10.1. The van der Waals surface area contributed by atoms with Crippen LogP contribution >= 0.6 is 0 Å². The second-order valence-electron chi connectivity index (χ2n) is 3.30. The van der Waals surface area contributed by atoms with Crippen LogP contribution < -0.4 is 4.74 Å². The molecule has 2 aromatic rings. The predicted octanol–water partition coefficient (Wildman–Crippen LogP) is 2.15.